The third-order valence-electron chi connectivity index (χ3n) is 10.0. The summed E-state index contributed by atoms with van der Waals surface area (Å²) in [5.74, 6) is -0.998. The standard InChI is InChI=1S/C35H43F2N5O2/c1-24(2)39-30-11-15-42(32(19-30)26-16-28(36)18-29(37)17-26)34(44)40-14-10-27(35(22-40)12-6-7-13-35)21-41-23-38-31(20-33(41)43)25-8-4-3-5-9-25/h3-5,8-9,16-18,20,23-24,27,30,32,39H,6-7,10-15,19,21-22H2,1-2H3/t27-,30+,32-/m0/s1. The first kappa shape index (κ1) is 30.4. The maximum absolute atomic E-state index is 14.3. The van der Waals surface area contributed by atoms with E-state index in [9.17, 15) is 18.4 Å². The minimum atomic E-state index is -0.626. The van der Waals surface area contributed by atoms with Crippen LogP contribution in [-0.2, 0) is 6.54 Å². The predicted octanol–water partition coefficient (Wildman–Crippen LogP) is 6.39. The number of rotatable bonds is 6. The van der Waals surface area contributed by atoms with Gasteiger partial charge in [-0.3, -0.25) is 9.36 Å². The molecular weight excluding hydrogens is 560 g/mol. The number of likely N-dealkylation sites (tertiary alicyclic amines) is 2. The van der Waals surface area contributed by atoms with Gasteiger partial charge in [0.05, 0.1) is 18.1 Å². The van der Waals surface area contributed by atoms with Crippen molar-refractivity contribution in [1.82, 2.24) is 24.7 Å². The van der Waals surface area contributed by atoms with Crippen LogP contribution in [0.15, 0.2) is 65.7 Å². The lowest BCUT2D eigenvalue weighted by atomic mass is 9.69. The zero-order valence-electron chi connectivity index (χ0n) is 25.7. The summed E-state index contributed by atoms with van der Waals surface area (Å²) in [5.41, 5.74) is 1.96. The molecule has 2 aromatic carbocycles. The van der Waals surface area contributed by atoms with Crippen molar-refractivity contribution >= 4 is 6.03 Å². The molecule has 3 aliphatic rings. The molecule has 1 aliphatic carbocycles. The maximum atomic E-state index is 14.3. The van der Waals surface area contributed by atoms with Crippen molar-refractivity contribution in [2.75, 3.05) is 19.6 Å². The van der Waals surface area contributed by atoms with Crippen LogP contribution in [0.5, 0.6) is 0 Å². The molecule has 1 spiro atoms. The summed E-state index contributed by atoms with van der Waals surface area (Å²) in [6.07, 6.45) is 8.10. The Balaban J connectivity index is 1.21. The number of urea groups is 1. The lowest BCUT2D eigenvalue weighted by Crippen LogP contribution is -2.57. The number of aromatic nitrogens is 2. The summed E-state index contributed by atoms with van der Waals surface area (Å²) in [6, 6.07) is 14.9. The summed E-state index contributed by atoms with van der Waals surface area (Å²) in [5, 5.41) is 3.56. The summed E-state index contributed by atoms with van der Waals surface area (Å²) < 4.78 is 30.4. The molecule has 2 amide bonds. The quantitative estimate of drug-likeness (QED) is 0.354. The van der Waals surface area contributed by atoms with Gasteiger partial charge in [-0.25, -0.2) is 18.6 Å². The van der Waals surface area contributed by atoms with Gasteiger partial charge in [-0.2, -0.15) is 0 Å². The number of hydrogen-bond acceptors (Lipinski definition) is 4. The number of nitrogens with one attached hydrogen (secondary N) is 1. The molecule has 9 heteroatoms. The van der Waals surface area contributed by atoms with E-state index in [1.165, 1.54) is 12.1 Å². The molecule has 1 aromatic heterocycles. The molecule has 44 heavy (non-hydrogen) atoms. The van der Waals surface area contributed by atoms with Crippen molar-refractivity contribution in [3.05, 3.63) is 88.5 Å². The third kappa shape index (κ3) is 6.43. The smallest absolute Gasteiger partial charge is 0.320 e. The highest BCUT2D eigenvalue weighted by Gasteiger charge is 2.47. The predicted molar refractivity (Wildman–Crippen MR) is 167 cm³/mol. The van der Waals surface area contributed by atoms with Crippen LogP contribution >= 0.6 is 0 Å². The Morgan fingerprint density at radius 3 is 2.43 bits per heavy atom. The first-order valence-electron chi connectivity index (χ1n) is 16.1. The monoisotopic (exact) mass is 603 g/mol. The van der Waals surface area contributed by atoms with Gasteiger partial charge >= 0.3 is 6.03 Å². The number of carbonyl (C=O) groups excluding carboxylic acids is 1. The number of amides is 2. The van der Waals surface area contributed by atoms with E-state index < -0.39 is 17.7 Å². The fourth-order valence-electron chi connectivity index (χ4n) is 7.95. The molecule has 2 aliphatic heterocycles. The van der Waals surface area contributed by atoms with Crippen LogP contribution in [-0.4, -0.2) is 57.1 Å². The molecule has 0 radical (unpaired) electrons. The topological polar surface area (TPSA) is 70.5 Å². The van der Waals surface area contributed by atoms with E-state index in [1.54, 1.807) is 17.0 Å². The molecule has 1 N–H and O–H groups in total. The lowest BCUT2D eigenvalue weighted by molar-refractivity contribution is 0.0204. The molecule has 3 atom stereocenters. The van der Waals surface area contributed by atoms with Crippen molar-refractivity contribution in [3.63, 3.8) is 0 Å². The Morgan fingerprint density at radius 2 is 1.75 bits per heavy atom. The number of piperidine rings is 2. The van der Waals surface area contributed by atoms with E-state index in [1.807, 2.05) is 40.1 Å². The van der Waals surface area contributed by atoms with Crippen LogP contribution in [0.25, 0.3) is 11.3 Å². The largest absolute Gasteiger partial charge is 0.324 e. The average Bonchev–Trinajstić information content (AvgIpc) is 3.47. The second kappa shape index (κ2) is 12.8. The number of nitrogens with zero attached hydrogens (tertiary/aromatic N) is 4. The van der Waals surface area contributed by atoms with Crippen LogP contribution in [0.1, 0.15) is 70.4 Å². The molecule has 234 valence electrons. The first-order valence-corrected chi connectivity index (χ1v) is 16.1. The van der Waals surface area contributed by atoms with Crippen LogP contribution < -0.4 is 10.9 Å². The Bertz CT molecular complexity index is 1500. The normalized spacial score (nSPS) is 23.4. The summed E-state index contributed by atoms with van der Waals surface area (Å²) in [7, 11) is 0. The van der Waals surface area contributed by atoms with E-state index in [0.29, 0.717) is 43.9 Å². The second-order valence-corrected chi connectivity index (χ2v) is 13.3. The Kier molecular flexibility index (Phi) is 8.85. The summed E-state index contributed by atoms with van der Waals surface area (Å²) in [4.78, 5) is 35.8. The first-order chi connectivity index (χ1) is 21.2. The van der Waals surface area contributed by atoms with E-state index in [0.717, 1.165) is 50.2 Å². The van der Waals surface area contributed by atoms with Gasteiger partial charge in [0.15, 0.2) is 0 Å². The minimum absolute atomic E-state index is 0.0570. The molecular formula is C35H43F2N5O2. The van der Waals surface area contributed by atoms with Gasteiger partial charge in [0.25, 0.3) is 5.56 Å². The zero-order valence-corrected chi connectivity index (χ0v) is 25.7. The fraction of sp³-hybridized carbons (Fsp3) is 0.514. The molecule has 3 heterocycles. The van der Waals surface area contributed by atoms with Gasteiger partial charge in [-0.1, -0.05) is 57.0 Å². The Morgan fingerprint density at radius 1 is 1.02 bits per heavy atom. The molecule has 2 saturated heterocycles. The number of halogens is 2. The van der Waals surface area contributed by atoms with Gasteiger partial charge in [-0.15, -0.1) is 0 Å². The average molecular weight is 604 g/mol. The molecule has 6 rings (SSSR count). The highest BCUT2D eigenvalue weighted by Crippen LogP contribution is 2.49. The van der Waals surface area contributed by atoms with Gasteiger partial charge in [0, 0.05) is 56.0 Å². The highest BCUT2D eigenvalue weighted by molar-refractivity contribution is 5.75. The third-order valence-corrected chi connectivity index (χ3v) is 10.0. The SMILES string of the molecule is CC(C)N[C@@H]1CCN(C(=O)N2CC[C@@H](Cn3cnc(-c4ccccc4)cc3=O)C3(CCCC3)C2)[C@H](c2cc(F)cc(F)c2)C1. The van der Waals surface area contributed by atoms with Crippen molar-refractivity contribution in [3.8, 4) is 11.3 Å². The minimum Gasteiger partial charge on any atom is -0.324 e. The van der Waals surface area contributed by atoms with Gasteiger partial charge in [0.1, 0.15) is 11.6 Å². The molecule has 7 nitrogen and oxygen atoms in total. The molecule has 3 fully saturated rings. The van der Waals surface area contributed by atoms with E-state index >= 15 is 0 Å². The highest BCUT2D eigenvalue weighted by atomic mass is 19.1. The fourth-order valence-corrected chi connectivity index (χ4v) is 7.95. The van der Waals surface area contributed by atoms with Crippen molar-refractivity contribution < 1.29 is 13.6 Å². The van der Waals surface area contributed by atoms with Gasteiger partial charge in [-0.05, 0) is 61.1 Å². The van der Waals surface area contributed by atoms with Crippen molar-refractivity contribution in [1.29, 1.82) is 0 Å². The molecule has 3 aromatic rings. The van der Waals surface area contributed by atoms with Gasteiger partial charge in [0.2, 0.25) is 0 Å². The molecule has 0 bridgehead atoms. The number of hydrogen-bond donors (Lipinski definition) is 1. The zero-order chi connectivity index (χ0) is 30.8. The molecule has 0 unspecified atom stereocenters. The molecule has 1 saturated carbocycles. The van der Waals surface area contributed by atoms with Crippen molar-refractivity contribution in [2.45, 2.75) is 83.5 Å². The van der Waals surface area contributed by atoms with Crippen molar-refractivity contribution in [2.24, 2.45) is 11.3 Å². The summed E-state index contributed by atoms with van der Waals surface area (Å²) in [6.45, 7) is 6.50. The van der Waals surface area contributed by atoms with Crippen LogP contribution in [0.4, 0.5) is 13.6 Å². The van der Waals surface area contributed by atoms with Gasteiger partial charge < -0.3 is 15.1 Å². The van der Waals surface area contributed by atoms with E-state index in [4.69, 9.17) is 0 Å². The van der Waals surface area contributed by atoms with E-state index in [2.05, 4.69) is 24.1 Å². The Hall–Kier alpha value is -3.59. The second-order valence-electron chi connectivity index (χ2n) is 13.3. The maximum Gasteiger partial charge on any atom is 0.320 e. The van der Waals surface area contributed by atoms with Crippen LogP contribution in [0.3, 0.4) is 0 Å². The van der Waals surface area contributed by atoms with E-state index in [-0.39, 0.29) is 35.0 Å². The number of benzene rings is 2. The summed E-state index contributed by atoms with van der Waals surface area (Å²) >= 11 is 0. The number of carbonyl (C=O) groups is 1. The lowest BCUT2D eigenvalue weighted by Gasteiger charge is -2.49. The van der Waals surface area contributed by atoms with Crippen LogP contribution in [0, 0.1) is 23.0 Å². The van der Waals surface area contributed by atoms with Crippen LogP contribution in [0.2, 0.25) is 0 Å². The Labute approximate surface area is 258 Å².